The monoisotopic (exact) mass is 281 g/mol. The van der Waals surface area contributed by atoms with Gasteiger partial charge < -0.3 is 19.9 Å². The van der Waals surface area contributed by atoms with Crippen molar-refractivity contribution in [3.8, 4) is 5.75 Å². The lowest BCUT2D eigenvalue weighted by atomic mass is 10.1. The van der Waals surface area contributed by atoms with Gasteiger partial charge in [-0.3, -0.25) is 4.79 Å². The molecule has 20 heavy (non-hydrogen) atoms. The molecule has 1 aromatic carbocycles. The molecule has 112 valence electrons. The van der Waals surface area contributed by atoms with Crippen molar-refractivity contribution in [2.45, 2.75) is 25.9 Å². The van der Waals surface area contributed by atoms with Gasteiger partial charge in [0.15, 0.2) is 6.61 Å². The van der Waals surface area contributed by atoms with Crippen LogP contribution in [0.15, 0.2) is 24.3 Å². The molecule has 0 aliphatic heterocycles. The van der Waals surface area contributed by atoms with Crippen molar-refractivity contribution >= 4 is 5.91 Å². The van der Waals surface area contributed by atoms with Gasteiger partial charge in [0.1, 0.15) is 5.75 Å². The maximum atomic E-state index is 11.5. The number of aliphatic hydroxyl groups is 1. The van der Waals surface area contributed by atoms with E-state index in [1.54, 1.807) is 26.2 Å². The van der Waals surface area contributed by atoms with Gasteiger partial charge in [-0.05, 0) is 37.5 Å². The van der Waals surface area contributed by atoms with Crippen molar-refractivity contribution in [1.82, 2.24) is 5.32 Å². The number of aliphatic hydroxyl groups excluding tert-OH is 1. The molecule has 0 aliphatic carbocycles. The predicted molar refractivity (Wildman–Crippen MR) is 76.8 cm³/mol. The molecule has 1 rings (SSSR count). The average Bonchev–Trinajstić information content (AvgIpc) is 2.42. The van der Waals surface area contributed by atoms with Gasteiger partial charge in [0, 0.05) is 20.3 Å². The Morgan fingerprint density at radius 3 is 2.65 bits per heavy atom. The molecule has 0 fully saturated rings. The second-order valence-electron chi connectivity index (χ2n) is 4.68. The number of hydrogen-bond acceptors (Lipinski definition) is 4. The number of benzene rings is 1. The van der Waals surface area contributed by atoms with Crippen LogP contribution in [0.3, 0.4) is 0 Å². The zero-order valence-corrected chi connectivity index (χ0v) is 12.1. The van der Waals surface area contributed by atoms with E-state index < -0.39 is 0 Å². The van der Waals surface area contributed by atoms with Crippen LogP contribution in [0.5, 0.6) is 5.75 Å². The van der Waals surface area contributed by atoms with Crippen molar-refractivity contribution in [2.24, 2.45) is 0 Å². The number of amides is 1. The lowest BCUT2D eigenvalue weighted by Gasteiger charge is -2.09. The maximum Gasteiger partial charge on any atom is 0.257 e. The normalized spacial score (nSPS) is 11.9. The fourth-order valence-corrected chi connectivity index (χ4v) is 1.71. The molecule has 0 heterocycles. The van der Waals surface area contributed by atoms with Gasteiger partial charge in [0.25, 0.3) is 5.91 Å². The first-order valence-corrected chi connectivity index (χ1v) is 6.77. The summed E-state index contributed by atoms with van der Waals surface area (Å²) in [6.45, 7) is 2.97. The highest BCUT2D eigenvalue weighted by Gasteiger charge is 2.03. The Balaban J connectivity index is 2.25. The molecule has 1 unspecified atom stereocenters. The lowest BCUT2D eigenvalue weighted by molar-refractivity contribution is -0.123. The SMILES string of the molecule is COCCCNC(=O)COc1ccc(CC(C)O)cc1. The Morgan fingerprint density at radius 2 is 2.05 bits per heavy atom. The summed E-state index contributed by atoms with van der Waals surface area (Å²) in [5, 5.41) is 12.0. The van der Waals surface area contributed by atoms with Gasteiger partial charge in [0.05, 0.1) is 6.10 Å². The topological polar surface area (TPSA) is 67.8 Å². The van der Waals surface area contributed by atoms with Crippen LogP contribution in [0, 0.1) is 0 Å². The molecule has 5 nitrogen and oxygen atoms in total. The molecule has 0 aromatic heterocycles. The van der Waals surface area contributed by atoms with Crippen molar-refractivity contribution in [3.05, 3.63) is 29.8 Å². The van der Waals surface area contributed by atoms with Crippen LogP contribution in [0.2, 0.25) is 0 Å². The van der Waals surface area contributed by atoms with E-state index in [0.29, 0.717) is 25.3 Å². The molecule has 0 radical (unpaired) electrons. The van der Waals surface area contributed by atoms with Crippen LogP contribution in [-0.4, -0.2) is 44.0 Å². The van der Waals surface area contributed by atoms with E-state index in [4.69, 9.17) is 9.47 Å². The van der Waals surface area contributed by atoms with Crippen LogP contribution >= 0.6 is 0 Å². The minimum absolute atomic E-state index is 0.00271. The molecule has 5 heteroatoms. The molecular formula is C15H23NO4. The largest absolute Gasteiger partial charge is 0.484 e. The van der Waals surface area contributed by atoms with Crippen LogP contribution in [0.25, 0.3) is 0 Å². The molecule has 0 bridgehead atoms. The zero-order chi connectivity index (χ0) is 14.8. The van der Waals surface area contributed by atoms with Crippen molar-refractivity contribution in [2.75, 3.05) is 26.9 Å². The number of nitrogens with one attached hydrogen (secondary N) is 1. The van der Waals surface area contributed by atoms with E-state index >= 15 is 0 Å². The third-order valence-electron chi connectivity index (χ3n) is 2.67. The summed E-state index contributed by atoms with van der Waals surface area (Å²) in [5.74, 6) is 0.501. The minimum Gasteiger partial charge on any atom is -0.484 e. The summed E-state index contributed by atoms with van der Waals surface area (Å²) in [6, 6.07) is 7.38. The van der Waals surface area contributed by atoms with Crippen molar-refractivity contribution < 1.29 is 19.4 Å². The molecule has 0 saturated heterocycles. The van der Waals surface area contributed by atoms with Crippen molar-refractivity contribution in [1.29, 1.82) is 0 Å². The number of rotatable bonds is 9. The summed E-state index contributed by atoms with van der Waals surface area (Å²) < 4.78 is 10.3. The highest BCUT2D eigenvalue weighted by Crippen LogP contribution is 2.13. The quantitative estimate of drug-likeness (QED) is 0.666. The third-order valence-corrected chi connectivity index (χ3v) is 2.67. The summed E-state index contributed by atoms with van der Waals surface area (Å²) in [7, 11) is 1.63. The molecule has 1 amide bonds. The Labute approximate surface area is 119 Å². The van der Waals surface area contributed by atoms with Crippen LogP contribution in [0.1, 0.15) is 18.9 Å². The standard InChI is InChI=1S/C15H23NO4/c1-12(17)10-13-4-6-14(7-5-13)20-11-15(18)16-8-3-9-19-2/h4-7,12,17H,3,8-11H2,1-2H3,(H,16,18). The van der Waals surface area contributed by atoms with Crippen LogP contribution < -0.4 is 10.1 Å². The molecule has 1 aromatic rings. The minimum atomic E-state index is -0.361. The fraction of sp³-hybridized carbons (Fsp3) is 0.533. The number of carbonyl (C=O) groups excluding carboxylic acids is 1. The van der Waals surface area contributed by atoms with Gasteiger partial charge >= 0.3 is 0 Å². The number of methoxy groups -OCH3 is 1. The van der Waals surface area contributed by atoms with E-state index in [9.17, 15) is 9.90 Å². The molecule has 2 N–H and O–H groups in total. The van der Waals surface area contributed by atoms with Crippen LogP contribution in [-0.2, 0) is 16.0 Å². The fourth-order valence-electron chi connectivity index (χ4n) is 1.71. The number of ether oxygens (including phenoxy) is 2. The summed E-state index contributed by atoms with van der Waals surface area (Å²) in [4.78, 5) is 11.5. The average molecular weight is 281 g/mol. The van der Waals surface area contributed by atoms with Crippen molar-refractivity contribution in [3.63, 3.8) is 0 Å². The van der Waals surface area contributed by atoms with E-state index in [1.165, 1.54) is 0 Å². The molecule has 0 aliphatic rings. The predicted octanol–water partition coefficient (Wildman–Crippen LogP) is 1.14. The summed E-state index contributed by atoms with van der Waals surface area (Å²) in [5.41, 5.74) is 1.04. The van der Waals surface area contributed by atoms with Gasteiger partial charge in [-0.25, -0.2) is 0 Å². The summed E-state index contributed by atoms with van der Waals surface area (Å²) in [6.07, 6.45) is 1.04. The smallest absolute Gasteiger partial charge is 0.257 e. The van der Waals surface area contributed by atoms with E-state index in [2.05, 4.69) is 5.32 Å². The third kappa shape index (κ3) is 7.11. The highest BCUT2D eigenvalue weighted by atomic mass is 16.5. The molecular weight excluding hydrogens is 258 g/mol. The maximum absolute atomic E-state index is 11.5. The van der Waals surface area contributed by atoms with E-state index in [1.807, 2.05) is 12.1 Å². The first kappa shape index (κ1) is 16.5. The van der Waals surface area contributed by atoms with Gasteiger partial charge in [0.2, 0.25) is 0 Å². The Morgan fingerprint density at radius 1 is 1.35 bits per heavy atom. The van der Waals surface area contributed by atoms with Gasteiger partial charge in [-0.15, -0.1) is 0 Å². The number of hydrogen-bond donors (Lipinski definition) is 2. The second kappa shape index (κ2) is 9.34. The highest BCUT2D eigenvalue weighted by molar-refractivity contribution is 5.77. The lowest BCUT2D eigenvalue weighted by Crippen LogP contribution is -2.30. The van der Waals surface area contributed by atoms with E-state index in [-0.39, 0.29) is 18.6 Å². The Bertz CT molecular complexity index is 389. The Hall–Kier alpha value is -1.59. The number of carbonyl (C=O) groups is 1. The molecule has 1 atom stereocenters. The Kier molecular flexibility index (Phi) is 7.69. The summed E-state index contributed by atoms with van der Waals surface area (Å²) >= 11 is 0. The van der Waals surface area contributed by atoms with Crippen LogP contribution in [0.4, 0.5) is 0 Å². The first-order chi connectivity index (χ1) is 9.61. The van der Waals surface area contributed by atoms with E-state index in [0.717, 1.165) is 12.0 Å². The van der Waals surface area contributed by atoms with Gasteiger partial charge in [-0.2, -0.15) is 0 Å². The molecule has 0 spiro atoms. The molecule has 0 saturated carbocycles. The first-order valence-electron chi connectivity index (χ1n) is 6.77. The second-order valence-corrected chi connectivity index (χ2v) is 4.68. The zero-order valence-electron chi connectivity index (χ0n) is 12.1. The van der Waals surface area contributed by atoms with Gasteiger partial charge in [-0.1, -0.05) is 12.1 Å².